The second kappa shape index (κ2) is 12.3. The average Bonchev–Trinajstić information content (AvgIpc) is 2.94. The van der Waals surface area contributed by atoms with Crippen molar-refractivity contribution in [1.82, 2.24) is 0 Å². The van der Waals surface area contributed by atoms with Crippen molar-refractivity contribution in [3.05, 3.63) is 115 Å². The van der Waals surface area contributed by atoms with Crippen LogP contribution < -0.4 is 9.47 Å². The van der Waals surface area contributed by atoms with E-state index in [-0.39, 0.29) is 23.0 Å². The predicted octanol–water partition coefficient (Wildman–Crippen LogP) is 6.78. The highest BCUT2D eigenvalue weighted by Gasteiger charge is 2.15. The molecule has 0 spiro atoms. The molecule has 0 unspecified atom stereocenters. The van der Waals surface area contributed by atoms with Crippen LogP contribution in [0.1, 0.15) is 10.4 Å². The minimum absolute atomic E-state index is 0.0294. The summed E-state index contributed by atoms with van der Waals surface area (Å²) in [6, 6.07) is 22.2. The number of ether oxygens (including phenoxy) is 3. The van der Waals surface area contributed by atoms with E-state index in [1.807, 2.05) is 36.4 Å². The van der Waals surface area contributed by atoms with E-state index in [4.69, 9.17) is 14.2 Å². The van der Waals surface area contributed by atoms with Crippen LogP contribution in [0.5, 0.6) is 11.5 Å². The van der Waals surface area contributed by atoms with Gasteiger partial charge in [-0.2, -0.15) is 0 Å². The molecule has 0 amide bonds. The number of halogens is 1. The first-order chi connectivity index (χ1) is 18.8. The van der Waals surface area contributed by atoms with Crippen LogP contribution in [0.3, 0.4) is 0 Å². The lowest BCUT2D eigenvalue weighted by atomic mass is 10.0. The van der Waals surface area contributed by atoms with Crippen LogP contribution in [0.2, 0.25) is 0 Å². The largest absolute Gasteiger partial charge is 0.423 e. The zero-order valence-corrected chi connectivity index (χ0v) is 21.8. The summed E-state index contributed by atoms with van der Waals surface area (Å²) in [5.41, 5.74) is 2.36. The molecule has 0 fully saturated rings. The highest BCUT2D eigenvalue weighted by molar-refractivity contribution is 8.14. The molecular weight excluding hydrogens is 519 g/mol. The lowest BCUT2D eigenvalue weighted by Crippen LogP contribution is -2.14. The Hall–Kier alpha value is -4.53. The van der Waals surface area contributed by atoms with Crippen LogP contribution in [0.4, 0.5) is 4.39 Å². The molecule has 0 aliphatic heterocycles. The van der Waals surface area contributed by atoms with Crippen LogP contribution >= 0.6 is 11.8 Å². The number of methoxy groups -OCH3 is 1. The molecule has 39 heavy (non-hydrogen) atoms. The van der Waals surface area contributed by atoms with E-state index in [2.05, 4.69) is 13.2 Å². The fraction of sp³-hybridized carbons (Fsp3) is 0.0645. The highest BCUT2D eigenvalue weighted by Crippen LogP contribution is 2.30. The number of benzene rings is 4. The van der Waals surface area contributed by atoms with Crippen molar-refractivity contribution in [2.24, 2.45) is 0 Å². The fourth-order valence-electron chi connectivity index (χ4n) is 3.62. The van der Waals surface area contributed by atoms with E-state index in [0.717, 1.165) is 45.8 Å². The molecule has 4 rings (SSSR count). The van der Waals surface area contributed by atoms with Gasteiger partial charge in [-0.1, -0.05) is 43.5 Å². The minimum Gasteiger partial charge on any atom is -0.423 e. The van der Waals surface area contributed by atoms with E-state index < -0.39 is 17.8 Å². The summed E-state index contributed by atoms with van der Waals surface area (Å²) in [5, 5.41) is 1.60. The number of hydrogen-bond acceptors (Lipinski definition) is 7. The summed E-state index contributed by atoms with van der Waals surface area (Å²) in [5.74, 6) is -1.92. The third kappa shape index (κ3) is 6.87. The maximum atomic E-state index is 14.5. The van der Waals surface area contributed by atoms with Gasteiger partial charge in [-0.3, -0.25) is 4.79 Å². The Morgan fingerprint density at radius 3 is 2.26 bits per heavy atom. The second-order valence-corrected chi connectivity index (χ2v) is 9.38. The van der Waals surface area contributed by atoms with Gasteiger partial charge in [0.1, 0.15) is 5.75 Å². The van der Waals surface area contributed by atoms with Crippen molar-refractivity contribution >= 4 is 39.6 Å². The molecule has 0 bridgehead atoms. The van der Waals surface area contributed by atoms with Gasteiger partial charge in [0.25, 0.3) is 0 Å². The van der Waals surface area contributed by atoms with Gasteiger partial charge in [-0.15, -0.1) is 0 Å². The maximum absolute atomic E-state index is 14.5. The molecule has 4 aromatic rings. The number of hydrogen-bond donors (Lipinski definition) is 0. The van der Waals surface area contributed by atoms with Gasteiger partial charge in [0.05, 0.1) is 12.2 Å². The van der Waals surface area contributed by atoms with Crippen molar-refractivity contribution in [2.45, 2.75) is 4.90 Å². The topological polar surface area (TPSA) is 78.9 Å². The summed E-state index contributed by atoms with van der Waals surface area (Å²) >= 11 is 0.865. The molecule has 0 aliphatic rings. The van der Waals surface area contributed by atoms with Crippen LogP contribution in [-0.4, -0.2) is 30.8 Å². The minimum atomic E-state index is -0.794. The number of rotatable bonds is 9. The summed E-state index contributed by atoms with van der Waals surface area (Å²) in [6.07, 6.45) is 1.11. The molecule has 0 saturated heterocycles. The molecule has 6 nitrogen and oxygen atoms in total. The maximum Gasteiger partial charge on any atom is 0.341 e. The van der Waals surface area contributed by atoms with Crippen LogP contribution in [0, 0.1) is 5.82 Å². The molecular formula is C31H23FO6S. The van der Waals surface area contributed by atoms with Crippen molar-refractivity contribution in [2.75, 3.05) is 13.7 Å². The molecule has 0 atom stereocenters. The third-order valence-corrected chi connectivity index (χ3v) is 6.49. The normalized spacial score (nSPS) is 10.6. The molecule has 0 aliphatic carbocycles. The summed E-state index contributed by atoms with van der Waals surface area (Å²) in [6.45, 7) is 6.89. The number of fused-ring (bicyclic) bond motifs is 1. The van der Waals surface area contributed by atoms with E-state index in [1.54, 1.807) is 24.3 Å². The summed E-state index contributed by atoms with van der Waals surface area (Å²) in [4.78, 5) is 36.5. The van der Waals surface area contributed by atoms with Crippen molar-refractivity contribution in [3.8, 4) is 22.6 Å². The molecule has 196 valence electrons. The monoisotopic (exact) mass is 542 g/mol. The van der Waals surface area contributed by atoms with Gasteiger partial charge >= 0.3 is 11.9 Å². The van der Waals surface area contributed by atoms with Crippen LogP contribution in [0.25, 0.3) is 21.9 Å². The smallest absolute Gasteiger partial charge is 0.341 e. The van der Waals surface area contributed by atoms with Gasteiger partial charge in [0, 0.05) is 23.6 Å². The third-order valence-electron chi connectivity index (χ3n) is 5.57. The molecule has 0 saturated carbocycles. The van der Waals surface area contributed by atoms with Gasteiger partial charge in [0.2, 0.25) is 5.12 Å². The second-order valence-electron chi connectivity index (χ2n) is 8.33. The first-order valence-electron chi connectivity index (χ1n) is 11.7. The Balaban J connectivity index is 1.43. The first kappa shape index (κ1) is 27.5. The molecule has 4 aromatic carbocycles. The van der Waals surface area contributed by atoms with Crippen LogP contribution in [0.15, 0.2) is 109 Å². The lowest BCUT2D eigenvalue weighted by Gasteiger charge is -2.09. The molecule has 8 heteroatoms. The molecule has 0 N–H and O–H groups in total. The molecule has 0 aromatic heterocycles. The van der Waals surface area contributed by atoms with Gasteiger partial charge in [-0.25, -0.2) is 14.0 Å². The van der Waals surface area contributed by atoms with Crippen molar-refractivity contribution in [1.29, 1.82) is 0 Å². The van der Waals surface area contributed by atoms with Gasteiger partial charge < -0.3 is 14.2 Å². The predicted molar refractivity (Wildman–Crippen MR) is 148 cm³/mol. The Kier molecular flexibility index (Phi) is 8.70. The van der Waals surface area contributed by atoms with E-state index in [9.17, 15) is 18.8 Å². The summed E-state index contributed by atoms with van der Waals surface area (Å²) in [7, 11) is 1.40. The number of thioether (sulfide) groups is 1. The highest BCUT2D eigenvalue weighted by atomic mass is 32.2. The quantitative estimate of drug-likeness (QED) is 0.0999. The van der Waals surface area contributed by atoms with Crippen molar-refractivity contribution < 1.29 is 33.0 Å². The molecule has 0 heterocycles. The SMILES string of the molecule is C=CC(=O)Oc1ccc2cc(-c3ccc(C(=O)Sc4ccc(OC(=O)C(=C)COC)c(F)c4)cc3)ccc2c1. The van der Waals surface area contributed by atoms with Crippen LogP contribution in [-0.2, 0) is 14.3 Å². The zero-order chi connectivity index (χ0) is 27.9. The fourth-order valence-corrected chi connectivity index (χ4v) is 4.39. The molecule has 0 radical (unpaired) electrons. The van der Waals surface area contributed by atoms with Gasteiger partial charge in [-0.05, 0) is 82.2 Å². The Bertz CT molecular complexity index is 1590. The Morgan fingerprint density at radius 1 is 0.872 bits per heavy atom. The number of carbonyl (C=O) groups excluding carboxylic acids is 3. The average molecular weight is 543 g/mol. The van der Waals surface area contributed by atoms with E-state index in [1.165, 1.54) is 19.2 Å². The van der Waals surface area contributed by atoms with Crippen molar-refractivity contribution in [3.63, 3.8) is 0 Å². The lowest BCUT2D eigenvalue weighted by molar-refractivity contribution is -0.131. The Morgan fingerprint density at radius 2 is 1.56 bits per heavy atom. The van der Waals surface area contributed by atoms with E-state index in [0.29, 0.717) is 16.2 Å². The summed E-state index contributed by atoms with van der Waals surface area (Å²) < 4.78 is 29.5. The Labute approximate surface area is 228 Å². The zero-order valence-electron chi connectivity index (χ0n) is 20.9. The first-order valence-corrected chi connectivity index (χ1v) is 12.5. The van der Waals surface area contributed by atoms with E-state index >= 15 is 0 Å². The standard InChI is InChI=1S/C31H23FO6S/c1-4-29(33)37-25-12-11-23-15-22(9-10-24(23)16-25)20-5-7-21(8-6-20)31(35)39-26-13-14-28(27(32)17-26)38-30(34)19(2)18-36-3/h4-17H,1-2,18H2,3H3. The number of carbonyl (C=O) groups is 3. The number of esters is 2. The van der Waals surface area contributed by atoms with Gasteiger partial charge in [0.15, 0.2) is 11.6 Å².